The van der Waals surface area contributed by atoms with Crippen molar-refractivity contribution < 1.29 is 18.0 Å². The fourth-order valence-corrected chi connectivity index (χ4v) is 5.57. The number of nitrogens with two attached hydrogens (primary N) is 1. The van der Waals surface area contributed by atoms with Crippen LogP contribution in [0.1, 0.15) is 24.0 Å². The van der Waals surface area contributed by atoms with Gasteiger partial charge in [0.05, 0.1) is 22.9 Å². The van der Waals surface area contributed by atoms with Crippen molar-refractivity contribution >= 4 is 33.7 Å². The summed E-state index contributed by atoms with van der Waals surface area (Å²) < 4.78 is 41.1. The Morgan fingerprint density at radius 1 is 1.15 bits per heavy atom. The van der Waals surface area contributed by atoms with Crippen LogP contribution >= 0.6 is 11.3 Å². The van der Waals surface area contributed by atoms with Gasteiger partial charge in [-0.25, -0.2) is 14.5 Å². The van der Waals surface area contributed by atoms with Gasteiger partial charge in [0.25, 0.3) is 0 Å². The first-order valence-electron chi connectivity index (χ1n) is 10.6. The molecule has 0 saturated carbocycles. The van der Waals surface area contributed by atoms with Crippen molar-refractivity contribution in [3.63, 3.8) is 0 Å². The third-order valence-electron chi connectivity index (χ3n) is 6.48. The second-order valence-corrected chi connectivity index (χ2v) is 9.42. The maximum absolute atomic E-state index is 13.2. The van der Waals surface area contributed by atoms with Crippen LogP contribution in [0.25, 0.3) is 26.8 Å². The molecule has 1 fully saturated rings. The molecule has 0 atom stereocenters. The molecule has 34 heavy (non-hydrogen) atoms. The highest BCUT2D eigenvalue weighted by Crippen LogP contribution is 2.45. The predicted molar refractivity (Wildman–Crippen MR) is 121 cm³/mol. The number of imidazole rings is 1. The van der Waals surface area contributed by atoms with Crippen LogP contribution in [0.2, 0.25) is 0 Å². The second kappa shape index (κ2) is 7.24. The zero-order valence-corrected chi connectivity index (χ0v) is 18.4. The molecule has 4 N–H and O–H groups in total. The van der Waals surface area contributed by atoms with Crippen molar-refractivity contribution in [2.75, 3.05) is 24.1 Å². The first-order chi connectivity index (χ1) is 16.2. The number of alkyl halides is 3. The standard InChI is InChI=1S/C22H18F3N7OS/c23-22(24,25)14-8-12(9-28-17(14)26)16-10-32-20(30-16)34-18(31-32)11-1-2-15-13(7-11)21(19(33)29-15)3-5-27-6-4-21/h1-2,7-10,27H,3-6H2,(H2,26,28)(H,29,33). The molecule has 1 amide bonds. The molecule has 6 rings (SSSR count). The number of piperidine rings is 1. The number of nitrogens with one attached hydrogen (secondary N) is 2. The number of carbonyl (C=O) groups excluding carboxylic acids is 1. The van der Waals surface area contributed by atoms with Crippen molar-refractivity contribution in [3.05, 3.63) is 47.8 Å². The van der Waals surface area contributed by atoms with E-state index in [2.05, 4.69) is 25.7 Å². The van der Waals surface area contributed by atoms with Crippen LogP contribution in [0.3, 0.4) is 0 Å². The van der Waals surface area contributed by atoms with E-state index in [1.165, 1.54) is 22.0 Å². The molecule has 1 aromatic carbocycles. The molecule has 8 nitrogen and oxygen atoms in total. The van der Waals surface area contributed by atoms with Gasteiger partial charge in [-0.15, -0.1) is 0 Å². The number of rotatable bonds is 2. The zero-order chi connectivity index (χ0) is 23.7. The molecule has 4 aromatic rings. The summed E-state index contributed by atoms with van der Waals surface area (Å²) in [7, 11) is 0. The SMILES string of the molecule is Nc1ncc(-c2cn3nc(-c4ccc5c(c4)C4(CCNCC4)C(=O)N5)sc3n2)cc1C(F)(F)F. The van der Waals surface area contributed by atoms with Crippen LogP contribution in [0, 0.1) is 0 Å². The molecular formula is C22H18F3N7OS. The van der Waals surface area contributed by atoms with Crippen molar-refractivity contribution in [2.45, 2.75) is 24.4 Å². The Hall–Kier alpha value is -3.51. The number of nitrogen functional groups attached to an aromatic ring is 1. The molecular weight excluding hydrogens is 467 g/mol. The van der Waals surface area contributed by atoms with Gasteiger partial charge >= 0.3 is 6.18 Å². The number of hydrogen-bond acceptors (Lipinski definition) is 7. The Morgan fingerprint density at radius 3 is 2.68 bits per heavy atom. The van der Waals surface area contributed by atoms with Crippen LogP contribution in [-0.2, 0) is 16.4 Å². The third kappa shape index (κ3) is 3.16. The Morgan fingerprint density at radius 2 is 1.94 bits per heavy atom. The van der Waals surface area contributed by atoms with E-state index < -0.39 is 23.0 Å². The molecule has 0 unspecified atom stereocenters. The Kier molecular flexibility index (Phi) is 4.48. The van der Waals surface area contributed by atoms with Gasteiger partial charge in [-0.05, 0) is 55.8 Å². The maximum atomic E-state index is 13.2. The number of fused-ring (bicyclic) bond motifs is 3. The number of nitrogens with zero attached hydrogens (tertiary/aromatic N) is 4. The topological polar surface area (TPSA) is 110 Å². The number of pyridine rings is 1. The molecule has 0 aliphatic carbocycles. The lowest BCUT2D eigenvalue weighted by Gasteiger charge is -2.32. The molecule has 174 valence electrons. The Bertz CT molecular complexity index is 1420. The van der Waals surface area contributed by atoms with Crippen molar-refractivity contribution in [3.8, 4) is 21.8 Å². The van der Waals surface area contributed by atoms with Crippen molar-refractivity contribution in [1.29, 1.82) is 0 Å². The smallest absolute Gasteiger partial charge is 0.383 e. The number of halogens is 3. The molecule has 0 radical (unpaired) electrons. The minimum absolute atomic E-state index is 0.0371. The van der Waals surface area contributed by atoms with Gasteiger partial charge in [0.15, 0.2) is 0 Å². The quantitative estimate of drug-likeness (QED) is 0.400. The van der Waals surface area contributed by atoms with E-state index in [1.54, 1.807) is 6.20 Å². The van der Waals surface area contributed by atoms with E-state index in [1.807, 2.05) is 18.2 Å². The van der Waals surface area contributed by atoms with Gasteiger partial charge < -0.3 is 16.4 Å². The zero-order valence-electron chi connectivity index (χ0n) is 17.6. The van der Waals surface area contributed by atoms with Gasteiger partial charge in [-0.2, -0.15) is 18.3 Å². The maximum Gasteiger partial charge on any atom is 0.419 e. The summed E-state index contributed by atoms with van der Waals surface area (Å²) in [5.74, 6) is -0.538. The van der Waals surface area contributed by atoms with Crippen LogP contribution in [-0.4, -0.2) is 38.6 Å². The van der Waals surface area contributed by atoms with Crippen LogP contribution in [0.5, 0.6) is 0 Å². The van der Waals surface area contributed by atoms with E-state index in [9.17, 15) is 18.0 Å². The van der Waals surface area contributed by atoms with Gasteiger partial charge in [-0.3, -0.25) is 4.79 Å². The summed E-state index contributed by atoms with van der Waals surface area (Å²) in [6.45, 7) is 1.56. The average Bonchev–Trinajstić information content (AvgIpc) is 3.45. The van der Waals surface area contributed by atoms with E-state index in [0.29, 0.717) is 15.7 Å². The number of benzene rings is 1. The van der Waals surface area contributed by atoms with Crippen LogP contribution < -0.4 is 16.4 Å². The lowest BCUT2D eigenvalue weighted by Crippen LogP contribution is -2.44. The Balaban J connectivity index is 1.36. The molecule has 2 aliphatic rings. The fraction of sp³-hybridized carbons (Fsp3) is 0.273. The number of anilines is 2. The van der Waals surface area contributed by atoms with E-state index in [4.69, 9.17) is 5.73 Å². The average molecular weight is 485 g/mol. The van der Waals surface area contributed by atoms with Crippen LogP contribution in [0.4, 0.5) is 24.7 Å². The monoisotopic (exact) mass is 485 g/mol. The first kappa shape index (κ1) is 21.1. The fourth-order valence-electron chi connectivity index (χ4n) is 4.69. The van der Waals surface area contributed by atoms with Gasteiger partial charge in [0, 0.05) is 23.0 Å². The lowest BCUT2D eigenvalue weighted by molar-refractivity contribution is -0.137. The number of hydrogen-bond donors (Lipinski definition) is 3. The van der Waals surface area contributed by atoms with E-state index >= 15 is 0 Å². The van der Waals surface area contributed by atoms with E-state index in [0.717, 1.165) is 48.8 Å². The van der Waals surface area contributed by atoms with Crippen molar-refractivity contribution in [2.24, 2.45) is 0 Å². The Labute approximate surface area is 195 Å². The molecule has 2 aliphatic heterocycles. The second-order valence-electron chi connectivity index (χ2n) is 8.46. The van der Waals surface area contributed by atoms with E-state index in [-0.39, 0.29) is 11.5 Å². The molecule has 0 bridgehead atoms. The molecule has 1 spiro atoms. The predicted octanol–water partition coefficient (Wildman–Crippen LogP) is 3.69. The molecule has 1 saturated heterocycles. The highest BCUT2D eigenvalue weighted by molar-refractivity contribution is 7.19. The molecule has 12 heteroatoms. The lowest BCUT2D eigenvalue weighted by atomic mass is 9.74. The number of aromatic nitrogens is 4. The highest BCUT2D eigenvalue weighted by Gasteiger charge is 2.47. The van der Waals surface area contributed by atoms with Crippen molar-refractivity contribution in [1.82, 2.24) is 24.9 Å². The number of amides is 1. The summed E-state index contributed by atoms with van der Waals surface area (Å²) in [6.07, 6.45) is -0.313. The van der Waals surface area contributed by atoms with Crippen LogP contribution in [0.15, 0.2) is 36.7 Å². The largest absolute Gasteiger partial charge is 0.419 e. The summed E-state index contributed by atoms with van der Waals surface area (Å²) >= 11 is 1.32. The molecule has 3 aromatic heterocycles. The molecule has 5 heterocycles. The van der Waals surface area contributed by atoms with Gasteiger partial charge in [0.1, 0.15) is 10.8 Å². The van der Waals surface area contributed by atoms with Gasteiger partial charge in [0.2, 0.25) is 10.9 Å². The minimum atomic E-state index is -4.61. The summed E-state index contributed by atoms with van der Waals surface area (Å²) in [4.78, 5) is 21.4. The third-order valence-corrected chi connectivity index (χ3v) is 7.46. The summed E-state index contributed by atoms with van der Waals surface area (Å²) in [5.41, 5.74) is 7.07. The summed E-state index contributed by atoms with van der Waals surface area (Å²) in [5, 5.41) is 11.6. The summed E-state index contributed by atoms with van der Waals surface area (Å²) in [6, 6.07) is 6.75. The van der Waals surface area contributed by atoms with Gasteiger partial charge in [-0.1, -0.05) is 11.3 Å². The normalized spacial score (nSPS) is 17.3. The first-order valence-corrected chi connectivity index (χ1v) is 11.4. The minimum Gasteiger partial charge on any atom is -0.383 e. The highest BCUT2D eigenvalue weighted by atomic mass is 32.1. The number of carbonyl (C=O) groups is 1.